The summed E-state index contributed by atoms with van der Waals surface area (Å²) in [6, 6.07) is 85.9. The number of nitrogens with zero attached hydrogens (tertiary/aromatic N) is 4. The fourth-order valence-electron chi connectivity index (χ4n) is 12.9. The molecule has 0 saturated heterocycles. The van der Waals surface area contributed by atoms with Gasteiger partial charge in [0.05, 0.1) is 22.4 Å². The molecule has 1 aliphatic rings. The zero-order chi connectivity index (χ0) is 59.1. The molecule has 0 aliphatic carbocycles. The molecular weight excluding hydrogens is 1030 g/mol. The molecule has 11 aromatic rings. The molecule has 0 amide bonds. The molecule has 5 heteroatoms. The zero-order valence-corrected chi connectivity index (χ0v) is 52.9. The predicted molar refractivity (Wildman–Crippen MR) is 363 cm³/mol. The highest BCUT2D eigenvalue weighted by Crippen LogP contribution is 2.46. The third kappa shape index (κ3) is 10.1. The summed E-state index contributed by atoms with van der Waals surface area (Å²) in [6.45, 7) is 33.3. The van der Waals surface area contributed by atoms with E-state index in [1.807, 2.05) is 6.20 Å². The Morgan fingerprint density at radius 2 is 0.833 bits per heavy atom. The Labute approximate surface area is 501 Å². The van der Waals surface area contributed by atoms with E-state index >= 15 is 0 Å². The van der Waals surface area contributed by atoms with E-state index < -0.39 is 8.07 Å². The molecule has 0 atom stereocenters. The lowest BCUT2D eigenvalue weighted by atomic mass is 9.78. The standard InChI is InChI=1S/C79H82N4Si/c1-75(2,3)58-43-55(44-59(46-58)76(4,5)6)54-37-40-70-69(45-54)68-39-38-67(52-73(68)83(70)74-50-57(41-42-80-74)79(13,14)56-27-18-15-19-28-56)84(64-30-20-16-21-31-64,65-32-22-17-23-33-65)66-34-26-29-62(51-66)81-53-82(72-36-25-24-35-71(72)81)63-48-60(77(7,8)9)47-61(49-63)78(10,11)12/h15-52H,53H2,1-14H3. The first-order valence-corrected chi connectivity index (χ1v) is 32.2. The molecule has 0 N–H and O–H groups in total. The van der Waals surface area contributed by atoms with Crippen LogP contribution >= 0.6 is 0 Å². The molecule has 12 rings (SSSR count). The number of anilines is 4. The number of benzene rings is 9. The van der Waals surface area contributed by atoms with Crippen molar-refractivity contribution in [2.75, 3.05) is 16.5 Å². The van der Waals surface area contributed by atoms with Crippen molar-refractivity contribution in [3.05, 3.63) is 264 Å². The van der Waals surface area contributed by atoms with Gasteiger partial charge in [-0.05, 0) is 154 Å². The van der Waals surface area contributed by atoms with E-state index in [0.29, 0.717) is 6.67 Å². The van der Waals surface area contributed by atoms with Gasteiger partial charge in [-0.1, -0.05) is 255 Å². The molecule has 0 saturated carbocycles. The van der Waals surface area contributed by atoms with E-state index in [2.05, 4.69) is 336 Å². The topological polar surface area (TPSA) is 24.3 Å². The van der Waals surface area contributed by atoms with Crippen LogP contribution in [0.2, 0.25) is 0 Å². The number of fused-ring (bicyclic) bond motifs is 4. The number of aromatic nitrogens is 2. The second kappa shape index (κ2) is 20.8. The molecule has 0 bridgehead atoms. The number of rotatable bonds is 10. The van der Waals surface area contributed by atoms with E-state index in [0.717, 1.165) is 16.9 Å². The van der Waals surface area contributed by atoms with Crippen molar-refractivity contribution in [3.8, 4) is 16.9 Å². The van der Waals surface area contributed by atoms with Crippen LogP contribution in [-0.2, 0) is 27.1 Å². The molecule has 0 fully saturated rings. The molecule has 2 aromatic heterocycles. The van der Waals surface area contributed by atoms with Gasteiger partial charge in [0.1, 0.15) is 12.5 Å². The maximum atomic E-state index is 5.31. The van der Waals surface area contributed by atoms with Crippen molar-refractivity contribution in [1.29, 1.82) is 0 Å². The maximum Gasteiger partial charge on any atom is 0.179 e. The van der Waals surface area contributed by atoms with Gasteiger partial charge in [0, 0.05) is 33.8 Å². The summed E-state index contributed by atoms with van der Waals surface area (Å²) in [4.78, 5) is 10.4. The normalized spacial score (nSPS) is 13.5. The molecule has 1 aliphatic heterocycles. The predicted octanol–water partition coefficient (Wildman–Crippen LogP) is 18.0. The first kappa shape index (κ1) is 56.2. The molecule has 3 heterocycles. The van der Waals surface area contributed by atoms with E-state index in [4.69, 9.17) is 4.98 Å². The fraction of sp³-hybridized carbons (Fsp3) is 0.253. The van der Waals surface area contributed by atoms with Crippen LogP contribution in [0.15, 0.2) is 231 Å². The number of para-hydroxylation sites is 2. The molecule has 0 radical (unpaired) electrons. The quantitative estimate of drug-likeness (QED) is 0.101. The Kier molecular flexibility index (Phi) is 13.9. The Bertz CT molecular complexity index is 4130. The van der Waals surface area contributed by atoms with Gasteiger partial charge in [-0.25, -0.2) is 4.98 Å². The smallest absolute Gasteiger partial charge is 0.179 e. The van der Waals surface area contributed by atoms with Gasteiger partial charge < -0.3 is 9.80 Å². The lowest BCUT2D eigenvalue weighted by Gasteiger charge is -2.35. The number of hydrogen-bond acceptors (Lipinski definition) is 3. The average Bonchev–Trinajstić information content (AvgIpc) is 1.63. The van der Waals surface area contributed by atoms with Crippen molar-refractivity contribution < 1.29 is 0 Å². The molecule has 9 aromatic carbocycles. The van der Waals surface area contributed by atoms with Crippen LogP contribution in [0, 0.1) is 0 Å². The summed E-state index contributed by atoms with van der Waals surface area (Å²) >= 11 is 0. The Hall–Kier alpha value is -8.25. The van der Waals surface area contributed by atoms with Gasteiger partial charge in [-0.3, -0.25) is 4.57 Å². The summed E-state index contributed by atoms with van der Waals surface area (Å²) in [5.74, 6) is 0.903. The summed E-state index contributed by atoms with van der Waals surface area (Å²) in [7, 11) is -3.17. The van der Waals surface area contributed by atoms with Crippen LogP contribution in [0.4, 0.5) is 22.7 Å². The van der Waals surface area contributed by atoms with Crippen molar-refractivity contribution in [1.82, 2.24) is 9.55 Å². The first-order valence-electron chi connectivity index (χ1n) is 30.2. The van der Waals surface area contributed by atoms with Crippen molar-refractivity contribution in [3.63, 3.8) is 0 Å². The van der Waals surface area contributed by atoms with Gasteiger partial charge in [0.2, 0.25) is 0 Å². The average molecular weight is 1120 g/mol. The molecule has 0 unspecified atom stereocenters. The molecule has 0 spiro atoms. The van der Waals surface area contributed by atoms with Crippen LogP contribution in [0.25, 0.3) is 38.8 Å². The number of hydrogen-bond donors (Lipinski definition) is 0. The van der Waals surface area contributed by atoms with Gasteiger partial charge >= 0.3 is 0 Å². The Morgan fingerprint density at radius 3 is 1.39 bits per heavy atom. The largest absolute Gasteiger partial charge is 0.321 e. The molecule has 4 nitrogen and oxygen atoms in total. The van der Waals surface area contributed by atoms with E-state index in [9.17, 15) is 0 Å². The lowest BCUT2D eigenvalue weighted by Crippen LogP contribution is -2.74. The van der Waals surface area contributed by atoms with E-state index in [1.54, 1.807) is 0 Å². The third-order valence-electron chi connectivity index (χ3n) is 18.1. The van der Waals surface area contributed by atoms with Crippen LogP contribution < -0.4 is 30.5 Å². The Morgan fingerprint density at radius 1 is 0.333 bits per heavy atom. The highest BCUT2D eigenvalue weighted by molar-refractivity contribution is 7.20. The van der Waals surface area contributed by atoms with Crippen molar-refractivity contribution >= 4 is 73.4 Å². The second-order valence-corrected chi connectivity index (χ2v) is 32.1. The minimum atomic E-state index is -3.17. The third-order valence-corrected chi connectivity index (χ3v) is 22.9. The van der Waals surface area contributed by atoms with E-state index in [-0.39, 0.29) is 27.1 Å². The lowest BCUT2D eigenvalue weighted by molar-refractivity contribution is 0.568. The highest BCUT2D eigenvalue weighted by Gasteiger charge is 2.43. The van der Waals surface area contributed by atoms with Gasteiger partial charge in [0.25, 0.3) is 0 Å². The fourth-order valence-corrected chi connectivity index (χ4v) is 17.6. The SMILES string of the molecule is CC(C)(C)c1cc(-c2ccc3c(c2)c2ccc([Si](c4ccccc4)(c4ccccc4)c4cccc(N5CN(c6cc(C(C)(C)C)cc(C(C)(C)C)c6)c6ccccc65)c4)cc2n3-c2cc(C(C)(C)c3ccccc3)ccn2)cc(C(C)(C)C)c1. The highest BCUT2D eigenvalue weighted by atomic mass is 28.3. The summed E-state index contributed by atoms with van der Waals surface area (Å²) in [6.07, 6.45) is 2.01. The summed E-state index contributed by atoms with van der Waals surface area (Å²) in [5, 5.41) is 7.68. The van der Waals surface area contributed by atoms with Crippen LogP contribution in [0.5, 0.6) is 0 Å². The van der Waals surface area contributed by atoms with Crippen LogP contribution in [0.3, 0.4) is 0 Å². The molecular formula is C79H82N4Si. The maximum absolute atomic E-state index is 5.31. The first-order chi connectivity index (χ1) is 39.9. The molecule has 84 heavy (non-hydrogen) atoms. The van der Waals surface area contributed by atoms with Gasteiger partial charge in [-0.15, -0.1) is 0 Å². The minimum absolute atomic E-state index is 0.0125. The zero-order valence-electron chi connectivity index (χ0n) is 51.9. The summed E-state index contributed by atoms with van der Waals surface area (Å²) < 4.78 is 2.45. The van der Waals surface area contributed by atoms with E-state index in [1.165, 1.54) is 98.8 Å². The number of pyridine rings is 1. The van der Waals surface area contributed by atoms with Crippen LogP contribution in [0.1, 0.15) is 130 Å². The minimum Gasteiger partial charge on any atom is -0.321 e. The van der Waals surface area contributed by atoms with Crippen LogP contribution in [-0.4, -0.2) is 24.3 Å². The molecule has 422 valence electrons. The van der Waals surface area contributed by atoms with Gasteiger partial charge in [-0.2, -0.15) is 0 Å². The monoisotopic (exact) mass is 1110 g/mol. The Balaban J connectivity index is 1.09. The summed E-state index contributed by atoms with van der Waals surface area (Å²) in [5.41, 5.74) is 17.1. The van der Waals surface area contributed by atoms with Gasteiger partial charge in [0.15, 0.2) is 8.07 Å². The van der Waals surface area contributed by atoms with Crippen molar-refractivity contribution in [2.45, 2.75) is 124 Å². The van der Waals surface area contributed by atoms with Crippen molar-refractivity contribution in [2.24, 2.45) is 0 Å². The second-order valence-electron chi connectivity index (χ2n) is 28.3.